The number of methoxy groups -OCH3 is 1. The van der Waals surface area contributed by atoms with Crippen LogP contribution < -0.4 is 14.8 Å². The van der Waals surface area contributed by atoms with Gasteiger partial charge in [-0.15, -0.1) is 11.3 Å². The van der Waals surface area contributed by atoms with E-state index in [1.807, 2.05) is 18.2 Å². The quantitative estimate of drug-likeness (QED) is 0.689. The van der Waals surface area contributed by atoms with Gasteiger partial charge in [0.25, 0.3) is 0 Å². The van der Waals surface area contributed by atoms with Crippen LogP contribution >= 0.6 is 27.3 Å². The number of ether oxygens (including phenoxy) is 2. The molecule has 21 heavy (non-hydrogen) atoms. The molecule has 0 amide bonds. The molecule has 0 aliphatic heterocycles. The number of nitrogens with one attached hydrogen (secondary N) is 1. The van der Waals surface area contributed by atoms with Crippen molar-refractivity contribution in [1.29, 1.82) is 0 Å². The summed E-state index contributed by atoms with van der Waals surface area (Å²) in [4.78, 5) is 2.57. The Bertz CT molecular complexity index is 571. The molecule has 5 heteroatoms. The predicted octanol–water partition coefficient (Wildman–Crippen LogP) is 4.60. The fraction of sp³-hybridized carbons (Fsp3) is 0.375. The molecule has 1 heterocycles. The molecule has 3 nitrogen and oxygen atoms in total. The third-order valence-corrected chi connectivity index (χ3v) is 4.63. The van der Waals surface area contributed by atoms with Gasteiger partial charge in [0.1, 0.15) is 18.1 Å². The van der Waals surface area contributed by atoms with Crippen LogP contribution in [0.15, 0.2) is 34.8 Å². The summed E-state index contributed by atoms with van der Waals surface area (Å²) in [5, 5.41) is 3.41. The van der Waals surface area contributed by atoms with Gasteiger partial charge in [0, 0.05) is 16.3 Å². The lowest BCUT2D eigenvalue weighted by atomic mass is 10.3. The van der Waals surface area contributed by atoms with Crippen LogP contribution in [-0.4, -0.2) is 13.7 Å². The lowest BCUT2D eigenvalue weighted by Gasteiger charge is -2.08. The van der Waals surface area contributed by atoms with Gasteiger partial charge in [-0.05, 0) is 59.2 Å². The highest BCUT2D eigenvalue weighted by Gasteiger charge is 2.05. The first-order valence-corrected chi connectivity index (χ1v) is 8.58. The van der Waals surface area contributed by atoms with E-state index in [2.05, 4.69) is 40.3 Å². The molecule has 0 saturated heterocycles. The summed E-state index contributed by atoms with van der Waals surface area (Å²) in [6.07, 6.45) is 1.16. The summed E-state index contributed by atoms with van der Waals surface area (Å²) in [5.41, 5.74) is 0. The second-order valence-electron chi connectivity index (χ2n) is 4.63. The zero-order chi connectivity index (χ0) is 15.1. The van der Waals surface area contributed by atoms with Gasteiger partial charge in [0.15, 0.2) is 0 Å². The van der Waals surface area contributed by atoms with Crippen molar-refractivity contribution in [3.05, 3.63) is 44.6 Å². The SMILES string of the molecule is CCCNCc1ccc(COc2ccc(OC)cc2Br)s1. The van der Waals surface area contributed by atoms with E-state index in [1.54, 1.807) is 18.4 Å². The van der Waals surface area contributed by atoms with E-state index in [-0.39, 0.29) is 0 Å². The van der Waals surface area contributed by atoms with Crippen LogP contribution in [0.1, 0.15) is 23.1 Å². The highest BCUT2D eigenvalue weighted by Crippen LogP contribution is 2.30. The van der Waals surface area contributed by atoms with E-state index in [0.29, 0.717) is 6.61 Å². The van der Waals surface area contributed by atoms with Gasteiger partial charge in [-0.1, -0.05) is 6.92 Å². The summed E-state index contributed by atoms with van der Waals surface area (Å²) in [7, 11) is 1.65. The van der Waals surface area contributed by atoms with Gasteiger partial charge in [-0.3, -0.25) is 0 Å². The molecule has 0 unspecified atom stereocenters. The Morgan fingerprint density at radius 1 is 1.19 bits per heavy atom. The Hall–Kier alpha value is -1.04. The Morgan fingerprint density at radius 2 is 2.00 bits per heavy atom. The molecule has 0 fully saturated rings. The maximum atomic E-state index is 5.85. The third-order valence-electron chi connectivity index (χ3n) is 2.95. The smallest absolute Gasteiger partial charge is 0.134 e. The lowest BCUT2D eigenvalue weighted by molar-refractivity contribution is 0.307. The normalized spacial score (nSPS) is 10.6. The van der Waals surface area contributed by atoms with Crippen molar-refractivity contribution in [1.82, 2.24) is 5.32 Å². The Balaban J connectivity index is 1.88. The van der Waals surface area contributed by atoms with Crippen LogP contribution in [0.5, 0.6) is 11.5 Å². The number of hydrogen-bond acceptors (Lipinski definition) is 4. The average Bonchev–Trinajstić information content (AvgIpc) is 2.94. The Labute approximate surface area is 138 Å². The number of hydrogen-bond donors (Lipinski definition) is 1. The highest BCUT2D eigenvalue weighted by molar-refractivity contribution is 9.10. The van der Waals surface area contributed by atoms with Gasteiger partial charge < -0.3 is 14.8 Å². The molecular weight excluding hydrogens is 350 g/mol. The maximum Gasteiger partial charge on any atom is 0.134 e. The van der Waals surface area contributed by atoms with Crippen LogP contribution in [0.2, 0.25) is 0 Å². The van der Waals surface area contributed by atoms with E-state index in [4.69, 9.17) is 9.47 Å². The number of halogens is 1. The van der Waals surface area contributed by atoms with E-state index in [1.165, 1.54) is 9.75 Å². The van der Waals surface area contributed by atoms with Crippen LogP contribution in [0.4, 0.5) is 0 Å². The Morgan fingerprint density at radius 3 is 2.71 bits per heavy atom. The molecule has 1 aromatic heterocycles. The van der Waals surface area contributed by atoms with E-state index < -0.39 is 0 Å². The van der Waals surface area contributed by atoms with Gasteiger partial charge in [0.05, 0.1) is 11.6 Å². The summed E-state index contributed by atoms with van der Waals surface area (Å²) < 4.78 is 11.9. The summed E-state index contributed by atoms with van der Waals surface area (Å²) in [5.74, 6) is 1.64. The molecule has 1 N–H and O–H groups in total. The maximum absolute atomic E-state index is 5.85. The largest absolute Gasteiger partial charge is 0.497 e. The van der Waals surface area contributed by atoms with Crippen molar-refractivity contribution in [3.8, 4) is 11.5 Å². The summed E-state index contributed by atoms with van der Waals surface area (Å²) >= 11 is 5.29. The van der Waals surface area contributed by atoms with Gasteiger partial charge >= 0.3 is 0 Å². The molecule has 0 aliphatic carbocycles. The minimum Gasteiger partial charge on any atom is -0.497 e. The molecule has 0 saturated carbocycles. The zero-order valence-electron chi connectivity index (χ0n) is 12.3. The first kappa shape index (κ1) is 16.3. The minimum atomic E-state index is 0.587. The summed E-state index contributed by atoms with van der Waals surface area (Å²) in [6.45, 7) is 4.75. The molecule has 0 spiro atoms. The van der Waals surface area contributed by atoms with E-state index >= 15 is 0 Å². The molecule has 0 radical (unpaired) electrons. The molecule has 2 aromatic rings. The molecule has 1 aromatic carbocycles. The molecular formula is C16H20BrNO2S. The van der Waals surface area contributed by atoms with E-state index in [9.17, 15) is 0 Å². The lowest BCUT2D eigenvalue weighted by Crippen LogP contribution is -2.12. The monoisotopic (exact) mass is 369 g/mol. The average molecular weight is 370 g/mol. The fourth-order valence-electron chi connectivity index (χ4n) is 1.86. The molecule has 2 rings (SSSR count). The highest BCUT2D eigenvalue weighted by atomic mass is 79.9. The van der Waals surface area contributed by atoms with E-state index in [0.717, 1.165) is 35.5 Å². The predicted molar refractivity (Wildman–Crippen MR) is 91.3 cm³/mol. The van der Waals surface area contributed by atoms with Crippen molar-refractivity contribution in [2.45, 2.75) is 26.5 Å². The van der Waals surface area contributed by atoms with Gasteiger partial charge in [0.2, 0.25) is 0 Å². The van der Waals surface area contributed by atoms with Crippen molar-refractivity contribution in [3.63, 3.8) is 0 Å². The van der Waals surface area contributed by atoms with Crippen LogP contribution in [0.25, 0.3) is 0 Å². The first-order valence-electron chi connectivity index (χ1n) is 6.97. The van der Waals surface area contributed by atoms with Gasteiger partial charge in [-0.2, -0.15) is 0 Å². The first-order chi connectivity index (χ1) is 10.2. The summed E-state index contributed by atoms with van der Waals surface area (Å²) in [6, 6.07) is 10.0. The van der Waals surface area contributed by atoms with Crippen molar-refractivity contribution < 1.29 is 9.47 Å². The second kappa shape index (κ2) is 8.41. The van der Waals surface area contributed by atoms with Crippen LogP contribution in [0.3, 0.4) is 0 Å². The molecule has 0 atom stereocenters. The number of benzene rings is 1. The van der Waals surface area contributed by atoms with Crippen molar-refractivity contribution >= 4 is 27.3 Å². The molecule has 0 aliphatic rings. The van der Waals surface area contributed by atoms with Crippen LogP contribution in [0, 0.1) is 0 Å². The number of rotatable bonds is 8. The minimum absolute atomic E-state index is 0.587. The third kappa shape index (κ3) is 5.02. The van der Waals surface area contributed by atoms with Crippen LogP contribution in [-0.2, 0) is 13.2 Å². The topological polar surface area (TPSA) is 30.5 Å². The van der Waals surface area contributed by atoms with Gasteiger partial charge in [-0.25, -0.2) is 0 Å². The standard InChI is InChI=1S/C16H20BrNO2S/c1-3-8-18-10-13-5-6-14(21-13)11-20-16-7-4-12(19-2)9-15(16)17/h4-7,9,18H,3,8,10-11H2,1-2H3. The molecule has 0 bridgehead atoms. The van der Waals surface area contributed by atoms with Crippen molar-refractivity contribution in [2.24, 2.45) is 0 Å². The molecule has 114 valence electrons. The fourth-order valence-corrected chi connectivity index (χ4v) is 3.23. The second-order valence-corrected chi connectivity index (χ2v) is 6.74. The number of thiophene rings is 1. The Kier molecular flexibility index (Phi) is 6.54. The zero-order valence-corrected chi connectivity index (χ0v) is 14.7. The van der Waals surface area contributed by atoms with Crippen molar-refractivity contribution in [2.75, 3.05) is 13.7 Å².